The number of carbonyl (C=O) groups is 1. The van der Waals surface area contributed by atoms with Crippen LogP contribution >= 0.6 is 0 Å². The molecule has 0 fully saturated rings. The molecule has 7 heteroatoms. The number of benzene rings is 3. The van der Waals surface area contributed by atoms with E-state index in [0.717, 1.165) is 5.69 Å². The van der Waals surface area contributed by atoms with Crippen molar-refractivity contribution in [2.75, 3.05) is 10.2 Å². The molecule has 4 rings (SSSR count). The molecule has 0 radical (unpaired) electrons. The summed E-state index contributed by atoms with van der Waals surface area (Å²) in [6, 6.07) is 22.6. The Balaban J connectivity index is 1.85. The Morgan fingerprint density at radius 1 is 0.963 bits per heavy atom. The number of nitrogens with zero attached hydrogens (tertiary/aromatic N) is 2. The van der Waals surface area contributed by atoms with Crippen molar-refractivity contribution in [1.82, 2.24) is 0 Å². The van der Waals surface area contributed by atoms with Crippen molar-refractivity contribution in [3.63, 3.8) is 0 Å². The summed E-state index contributed by atoms with van der Waals surface area (Å²) in [5.41, 5.74) is 1.83. The van der Waals surface area contributed by atoms with E-state index in [9.17, 15) is 14.9 Å². The van der Waals surface area contributed by atoms with E-state index in [1.54, 1.807) is 12.1 Å². The van der Waals surface area contributed by atoms with Gasteiger partial charge in [0.1, 0.15) is 11.9 Å². The molecular weight excluding hydrogens is 346 g/mol. The van der Waals surface area contributed by atoms with Crippen LogP contribution in [-0.2, 0) is 0 Å². The molecule has 134 valence electrons. The lowest BCUT2D eigenvalue weighted by molar-refractivity contribution is -0.385. The molecule has 1 unspecified atom stereocenters. The van der Waals surface area contributed by atoms with E-state index in [2.05, 4.69) is 5.32 Å². The molecular formula is C20H15N3O4. The lowest BCUT2D eigenvalue weighted by Gasteiger charge is -2.36. The summed E-state index contributed by atoms with van der Waals surface area (Å²) >= 11 is 0. The molecule has 3 aromatic carbocycles. The van der Waals surface area contributed by atoms with Gasteiger partial charge in [-0.2, -0.15) is 0 Å². The molecule has 0 aromatic heterocycles. The standard InChI is InChI=1S/C20H15N3O4/c24-20-22(15-9-5-2-6-10-15)19(21-14-7-3-1-4-8-14)17-13-16(23(25)26)11-12-18(17)27-20/h1-13,19,21H. The Morgan fingerprint density at radius 2 is 1.63 bits per heavy atom. The zero-order valence-electron chi connectivity index (χ0n) is 14.1. The first-order valence-corrected chi connectivity index (χ1v) is 8.29. The highest BCUT2D eigenvalue weighted by atomic mass is 16.6. The SMILES string of the molecule is O=C1Oc2ccc([N+](=O)[O-])cc2C(Nc2ccccc2)N1c1ccccc1. The van der Waals surface area contributed by atoms with E-state index in [0.29, 0.717) is 17.0 Å². The maximum absolute atomic E-state index is 12.7. The summed E-state index contributed by atoms with van der Waals surface area (Å²) in [5.74, 6) is 0.297. The average molecular weight is 361 g/mol. The third-order valence-electron chi connectivity index (χ3n) is 4.26. The molecule has 3 aromatic rings. The van der Waals surface area contributed by atoms with Gasteiger partial charge in [0, 0.05) is 29.1 Å². The molecule has 0 saturated heterocycles. The zero-order chi connectivity index (χ0) is 18.8. The summed E-state index contributed by atoms with van der Waals surface area (Å²) < 4.78 is 5.43. The molecule has 0 bridgehead atoms. The number of nitrogens with one attached hydrogen (secondary N) is 1. The fourth-order valence-electron chi connectivity index (χ4n) is 3.02. The van der Waals surface area contributed by atoms with Gasteiger partial charge in [0.05, 0.1) is 4.92 Å². The zero-order valence-corrected chi connectivity index (χ0v) is 14.1. The molecule has 0 aliphatic carbocycles. The van der Waals surface area contributed by atoms with Crippen molar-refractivity contribution in [3.8, 4) is 5.75 Å². The topological polar surface area (TPSA) is 84.7 Å². The number of hydrogen-bond acceptors (Lipinski definition) is 5. The second-order valence-electron chi connectivity index (χ2n) is 5.97. The van der Waals surface area contributed by atoms with Gasteiger partial charge in [0.2, 0.25) is 0 Å². The Kier molecular flexibility index (Phi) is 4.18. The summed E-state index contributed by atoms with van der Waals surface area (Å²) in [6.45, 7) is 0. The lowest BCUT2D eigenvalue weighted by Crippen LogP contribution is -2.44. The van der Waals surface area contributed by atoms with Crippen LogP contribution in [0.2, 0.25) is 0 Å². The van der Waals surface area contributed by atoms with E-state index in [4.69, 9.17) is 4.74 Å². The van der Waals surface area contributed by atoms with Crippen molar-refractivity contribution in [2.24, 2.45) is 0 Å². The predicted molar refractivity (Wildman–Crippen MR) is 101 cm³/mol. The van der Waals surface area contributed by atoms with Crippen molar-refractivity contribution >= 4 is 23.2 Å². The van der Waals surface area contributed by atoms with Crippen LogP contribution in [0.25, 0.3) is 0 Å². The molecule has 7 nitrogen and oxygen atoms in total. The Hall–Kier alpha value is -3.87. The molecule has 0 saturated carbocycles. The van der Waals surface area contributed by atoms with Crippen LogP contribution in [0.4, 0.5) is 21.9 Å². The largest absolute Gasteiger partial charge is 0.421 e. The molecule has 0 spiro atoms. The van der Waals surface area contributed by atoms with Crippen LogP contribution in [-0.4, -0.2) is 11.0 Å². The highest BCUT2D eigenvalue weighted by molar-refractivity contribution is 5.93. The maximum atomic E-state index is 12.7. The van der Waals surface area contributed by atoms with E-state index >= 15 is 0 Å². The number of hydrogen-bond donors (Lipinski definition) is 1. The first-order chi connectivity index (χ1) is 13.1. The fourth-order valence-corrected chi connectivity index (χ4v) is 3.02. The number of amides is 1. The van der Waals surface area contributed by atoms with Gasteiger partial charge in [-0.15, -0.1) is 0 Å². The molecule has 1 aliphatic rings. The van der Waals surface area contributed by atoms with E-state index in [-0.39, 0.29) is 5.69 Å². The first kappa shape index (κ1) is 16.6. The Labute approximate surface area is 155 Å². The predicted octanol–water partition coefficient (Wildman–Crippen LogP) is 4.72. The molecule has 1 heterocycles. The highest BCUT2D eigenvalue weighted by Gasteiger charge is 2.36. The number of para-hydroxylation sites is 2. The normalized spacial score (nSPS) is 15.6. The number of fused-ring (bicyclic) bond motifs is 1. The number of rotatable bonds is 4. The Morgan fingerprint density at radius 3 is 2.30 bits per heavy atom. The Bertz CT molecular complexity index is 993. The third kappa shape index (κ3) is 3.18. The van der Waals surface area contributed by atoms with E-state index in [1.165, 1.54) is 23.1 Å². The number of ether oxygens (including phenoxy) is 1. The quantitative estimate of drug-likeness (QED) is 0.537. The number of carbonyl (C=O) groups excluding carboxylic acids is 1. The van der Waals surface area contributed by atoms with Gasteiger partial charge in [0.25, 0.3) is 5.69 Å². The summed E-state index contributed by atoms with van der Waals surface area (Å²) in [5, 5.41) is 14.5. The van der Waals surface area contributed by atoms with Crippen LogP contribution in [0, 0.1) is 10.1 Å². The maximum Gasteiger partial charge on any atom is 0.421 e. The average Bonchev–Trinajstić information content (AvgIpc) is 2.69. The summed E-state index contributed by atoms with van der Waals surface area (Å²) in [6.07, 6.45) is -1.22. The highest BCUT2D eigenvalue weighted by Crippen LogP contribution is 2.40. The smallest absolute Gasteiger partial charge is 0.409 e. The van der Waals surface area contributed by atoms with Crippen LogP contribution in [0.15, 0.2) is 78.9 Å². The number of non-ortho nitro benzene ring substituents is 1. The van der Waals surface area contributed by atoms with Gasteiger partial charge in [0.15, 0.2) is 0 Å². The van der Waals surface area contributed by atoms with Gasteiger partial charge in [-0.1, -0.05) is 36.4 Å². The molecule has 1 amide bonds. The fraction of sp³-hybridized carbons (Fsp3) is 0.0500. The minimum Gasteiger partial charge on any atom is -0.409 e. The minimum absolute atomic E-state index is 0.0698. The minimum atomic E-state index is -0.661. The third-order valence-corrected chi connectivity index (χ3v) is 4.26. The number of nitro groups is 1. The summed E-state index contributed by atoms with van der Waals surface area (Å²) in [7, 11) is 0. The van der Waals surface area contributed by atoms with E-state index in [1.807, 2.05) is 48.5 Å². The van der Waals surface area contributed by atoms with Gasteiger partial charge in [-0.3, -0.25) is 15.0 Å². The van der Waals surface area contributed by atoms with Crippen LogP contribution in [0.3, 0.4) is 0 Å². The first-order valence-electron chi connectivity index (χ1n) is 8.29. The van der Waals surface area contributed by atoms with E-state index < -0.39 is 17.2 Å². The van der Waals surface area contributed by atoms with Gasteiger partial charge >= 0.3 is 6.09 Å². The molecule has 27 heavy (non-hydrogen) atoms. The van der Waals surface area contributed by atoms with Crippen LogP contribution in [0.1, 0.15) is 11.7 Å². The molecule has 1 aliphatic heterocycles. The van der Waals surface area contributed by atoms with Crippen molar-refractivity contribution < 1.29 is 14.5 Å². The monoisotopic (exact) mass is 361 g/mol. The van der Waals surface area contributed by atoms with Gasteiger partial charge < -0.3 is 10.1 Å². The van der Waals surface area contributed by atoms with Gasteiger partial charge in [-0.25, -0.2) is 4.79 Å². The lowest BCUT2D eigenvalue weighted by atomic mass is 10.1. The van der Waals surface area contributed by atoms with Crippen molar-refractivity contribution in [1.29, 1.82) is 0 Å². The number of anilines is 2. The van der Waals surface area contributed by atoms with Crippen LogP contribution < -0.4 is 15.0 Å². The van der Waals surface area contributed by atoms with Crippen molar-refractivity contribution in [3.05, 3.63) is 94.5 Å². The summed E-state index contributed by atoms with van der Waals surface area (Å²) in [4.78, 5) is 24.9. The number of nitro benzene ring substituents is 1. The molecule has 1 N–H and O–H groups in total. The van der Waals surface area contributed by atoms with Gasteiger partial charge in [-0.05, 0) is 30.3 Å². The second kappa shape index (κ2) is 6.80. The second-order valence-corrected chi connectivity index (χ2v) is 5.97. The van der Waals surface area contributed by atoms with Crippen LogP contribution in [0.5, 0.6) is 5.75 Å². The van der Waals surface area contributed by atoms with Crippen molar-refractivity contribution in [2.45, 2.75) is 6.17 Å². The molecule has 1 atom stereocenters.